The molecule has 0 saturated heterocycles. The molecular weight excluding hydrogens is 364 g/mol. The predicted octanol–water partition coefficient (Wildman–Crippen LogP) is 4.53. The Morgan fingerprint density at radius 2 is 1.69 bits per heavy atom. The monoisotopic (exact) mass is 388 g/mol. The fourth-order valence-corrected chi connectivity index (χ4v) is 3.00. The second kappa shape index (κ2) is 9.61. The van der Waals surface area contributed by atoms with E-state index in [-0.39, 0.29) is 5.69 Å². The average Bonchev–Trinajstić information content (AvgIpc) is 2.74. The maximum absolute atomic E-state index is 10.9. The first-order chi connectivity index (χ1) is 14.1. The molecule has 6 heteroatoms. The molecule has 29 heavy (non-hydrogen) atoms. The van der Waals surface area contributed by atoms with E-state index in [9.17, 15) is 10.1 Å². The molecule has 0 unspecified atom stereocenters. The Balaban J connectivity index is 1.98. The third kappa shape index (κ3) is 5.27. The molecule has 0 spiro atoms. The SMILES string of the molecule is CNCCc1ccccc1/C(=N\Nc1ccc([N+](=O)[O-])cc1)c1ccc(C)cc1. The van der Waals surface area contributed by atoms with Gasteiger partial charge in [0.2, 0.25) is 0 Å². The van der Waals surface area contributed by atoms with Gasteiger partial charge in [-0.1, -0.05) is 54.1 Å². The van der Waals surface area contributed by atoms with Gasteiger partial charge in [-0.2, -0.15) is 5.10 Å². The molecule has 0 radical (unpaired) electrons. The van der Waals surface area contributed by atoms with E-state index in [1.54, 1.807) is 12.1 Å². The highest BCUT2D eigenvalue weighted by molar-refractivity contribution is 6.14. The molecule has 0 aliphatic rings. The number of rotatable bonds is 8. The van der Waals surface area contributed by atoms with Crippen molar-refractivity contribution in [2.75, 3.05) is 19.0 Å². The van der Waals surface area contributed by atoms with Crippen LogP contribution in [0.1, 0.15) is 22.3 Å². The zero-order valence-electron chi connectivity index (χ0n) is 16.6. The minimum atomic E-state index is -0.414. The third-order valence-corrected chi connectivity index (χ3v) is 4.62. The summed E-state index contributed by atoms with van der Waals surface area (Å²) in [7, 11) is 1.94. The molecule has 148 valence electrons. The molecule has 2 N–H and O–H groups in total. The molecule has 6 nitrogen and oxygen atoms in total. The molecule has 0 fully saturated rings. The summed E-state index contributed by atoms with van der Waals surface area (Å²) in [6.45, 7) is 2.92. The van der Waals surface area contributed by atoms with Crippen LogP contribution in [0.4, 0.5) is 11.4 Å². The second-order valence-corrected chi connectivity index (χ2v) is 6.75. The van der Waals surface area contributed by atoms with E-state index in [1.165, 1.54) is 23.3 Å². The van der Waals surface area contributed by atoms with Crippen LogP contribution in [0.3, 0.4) is 0 Å². The Labute approximate surface area is 170 Å². The van der Waals surface area contributed by atoms with Crippen LogP contribution in [0.2, 0.25) is 0 Å². The van der Waals surface area contributed by atoms with Crippen LogP contribution in [0.5, 0.6) is 0 Å². The predicted molar refractivity (Wildman–Crippen MR) is 118 cm³/mol. The number of nitrogens with zero attached hydrogens (tertiary/aromatic N) is 2. The number of benzene rings is 3. The summed E-state index contributed by atoms with van der Waals surface area (Å²) >= 11 is 0. The Bertz CT molecular complexity index is 996. The van der Waals surface area contributed by atoms with Gasteiger partial charge in [0.25, 0.3) is 5.69 Å². The molecule has 3 rings (SSSR count). The van der Waals surface area contributed by atoms with Crippen molar-refractivity contribution >= 4 is 17.1 Å². The smallest absolute Gasteiger partial charge is 0.269 e. The van der Waals surface area contributed by atoms with Gasteiger partial charge in [-0.15, -0.1) is 0 Å². The van der Waals surface area contributed by atoms with E-state index in [2.05, 4.69) is 59.2 Å². The number of nitro benzene ring substituents is 1. The average molecular weight is 388 g/mol. The fraction of sp³-hybridized carbons (Fsp3) is 0.174. The maximum Gasteiger partial charge on any atom is 0.269 e. The molecule has 0 atom stereocenters. The van der Waals surface area contributed by atoms with Gasteiger partial charge in [0.1, 0.15) is 0 Å². The number of hydrogen-bond donors (Lipinski definition) is 2. The highest BCUT2D eigenvalue weighted by Gasteiger charge is 2.12. The Hall–Kier alpha value is -3.51. The van der Waals surface area contributed by atoms with Crippen molar-refractivity contribution in [1.82, 2.24) is 5.32 Å². The van der Waals surface area contributed by atoms with E-state index in [1.807, 2.05) is 19.2 Å². The molecule has 3 aromatic rings. The highest BCUT2D eigenvalue weighted by Crippen LogP contribution is 2.19. The van der Waals surface area contributed by atoms with Crippen LogP contribution < -0.4 is 10.7 Å². The lowest BCUT2D eigenvalue weighted by Crippen LogP contribution is -2.15. The molecule has 0 heterocycles. The number of hydrogen-bond acceptors (Lipinski definition) is 5. The molecule has 0 amide bonds. The molecule has 0 bridgehead atoms. The summed E-state index contributed by atoms with van der Waals surface area (Å²) in [4.78, 5) is 10.4. The zero-order valence-corrected chi connectivity index (χ0v) is 16.6. The van der Waals surface area contributed by atoms with Crippen molar-refractivity contribution in [2.45, 2.75) is 13.3 Å². The lowest BCUT2D eigenvalue weighted by molar-refractivity contribution is -0.384. The molecule has 3 aromatic carbocycles. The Kier molecular flexibility index (Phi) is 6.71. The van der Waals surface area contributed by atoms with Crippen molar-refractivity contribution in [3.63, 3.8) is 0 Å². The van der Waals surface area contributed by atoms with E-state index < -0.39 is 4.92 Å². The normalized spacial score (nSPS) is 11.3. The topological polar surface area (TPSA) is 79.6 Å². The van der Waals surface area contributed by atoms with Crippen molar-refractivity contribution in [1.29, 1.82) is 0 Å². The molecular formula is C23H24N4O2. The van der Waals surface area contributed by atoms with Gasteiger partial charge in [-0.05, 0) is 44.6 Å². The second-order valence-electron chi connectivity index (χ2n) is 6.75. The zero-order chi connectivity index (χ0) is 20.6. The summed E-state index contributed by atoms with van der Waals surface area (Å²) in [6.07, 6.45) is 0.884. The van der Waals surface area contributed by atoms with Gasteiger partial charge >= 0.3 is 0 Å². The van der Waals surface area contributed by atoms with Crippen LogP contribution in [-0.2, 0) is 6.42 Å². The van der Waals surface area contributed by atoms with Gasteiger partial charge in [0.15, 0.2) is 0 Å². The number of nitro groups is 1. The lowest BCUT2D eigenvalue weighted by atomic mass is 9.95. The van der Waals surface area contributed by atoms with Gasteiger partial charge in [0, 0.05) is 23.3 Å². The Morgan fingerprint density at radius 1 is 1.00 bits per heavy atom. The summed E-state index contributed by atoms with van der Waals surface area (Å²) in [5.74, 6) is 0. The number of anilines is 1. The molecule has 0 aromatic heterocycles. The van der Waals surface area contributed by atoms with Crippen molar-refractivity contribution in [2.24, 2.45) is 5.10 Å². The van der Waals surface area contributed by atoms with Crippen molar-refractivity contribution in [3.05, 3.63) is 105 Å². The molecule has 0 saturated carbocycles. The first kappa shape index (κ1) is 20.2. The summed E-state index contributed by atoms with van der Waals surface area (Å²) in [6, 6.07) is 22.7. The fourth-order valence-electron chi connectivity index (χ4n) is 3.00. The lowest BCUT2D eigenvalue weighted by Gasteiger charge is -2.13. The quantitative estimate of drug-likeness (QED) is 0.338. The Morgan fingerprint density at radius 3 is 2.34 bits per heavy atom. The van der Waals surface area contributed by atoms with Crippen molar-refractivity contribution in [3.8, 4) is 0 Å². The number of likely N-dealkylation sites (N-methyl/N-ethyl adjacent to an activating group) is 1. The molecule has 0 aliphatic carbocycles. The first-order valence-electron chi connectivity index (χ1n) is 9.46. The van der Waals surface area contributed by atoms with Crippen LogP contribution >= 0.6 is 0 Å². The summed E-state index contributed by atoms with van der Waals surface area (Å²) < 4.78 is 0. The van der Waals surface area contributed by atoms with E-state index >= 15 is 0 Å². The van der Waals surface area contributed by atoms with Crippen LogP contribution in [0.15, 0.2) is 77.9 Å². The van der Waals surface area contributed by atoms with Crippen molar-refractivity contribution < 1.29 is 4.92 Å². The van der Waals surface area contributed by atoms with Crippen LogP contribution in [0.25, 0.3) is 0 Å². The van der Waals surface area contributed by atoms with Gasteiger partial charge in [-0.25, -0.2) is 0 Å². The van der Waals surface area contributed by atoms with Crippen LogP contribution in [0, 0.1) is 17.0 Å². The largest absolute Gasteiger partial charge is 0.319 e. The number of non-ortho nitro benzene ring substituents is 1. The van der Waals surface area contributed by atoms with E-state index in [0.29, 0.717) is 5.69 Å². The number of nitrogens with one attached hydrogen (secondary N) is 2. The third-order valence-electron chi connectivity index (χ3n) is 4.62. The summed E-state index contributed by atoms with van der Waals surface area (Å²) in [5, 5.41) is 18.7. The molecule has 0 aliphatic heterocycles. The van der Waals surface area contributed by atoms with E-state index in [0.717, 1.165) is 29.8 Å². The minimum Gasteiger partial charge on any atom is -0.319 e. The van der Waals surface area contributed by atoms with Gasteiger partial charge < -0.3 is 5.32 Å². The van der Waals surface area contributed by atoms with Crippen LogP contribution in [-0.4, -0.2) is 24.2 Å². The van der Waals surface area contributed by atoms with Gasteiger partial charge in [-0.3, -0.25) is 15.5 Å². The number of hydrazone groups is 1. The van der Waals surface area contributed by atoms with Gasteiger partial charge in [0.05, 0.1) is 16.3 Å². The van der Waals surface area contributed by atoms with E-state index in [4.69, 9.17) is 0 Å². The minimum absolute atomic E-state index is 0.0516. The first-order valence-corrected chi connectivity index (χ1v) is 9.46. The number of aryl methyl sites for hydroxylation is 1. The highest BCUT2D eigenvalue weighted by atomic mass is 16.6. The maximum atomic E-state index is 10.9. The summed E-state index contributed by atoms with van der Waals surface area (Å²) in [5.41, 5.74) is 9.06. The standard InChI is InChI=1S/C23H24N4O2/c1-17-7-9-19(10-8-17)23(22-6-4-3-5-18(22)15-16-24-2)26-25-20-11-13-21(14-12-20)27(28)29/h3-14,24-25H,15-16H2,1-2H3/b26-23-.